The number of nitro benzene ring substituents is 1. The van der Waals surface area contributed by atoms with Gasteiger partial charge in [0, 0.05) is 18.0 Å². The zero-order valence-electron chi connectivity index (χ0n) is 11.4. The average molecular weight is 299 g/mol. The molecule has 0 aromatic heterocycles. The number of aromatic hydroxyl groups is 1. The monoisotopic (exact) mass is 299 g/mol. The normalized spacial score (nSPS) is 10.4. The van der Waals surface area contributed by atoms with Gasteiger partial charge in [-0.15, -0.1) is 0 Å². The highest BCUT2D eigenvalue weighted by Crippen LogP contribution is 2.28. The van der Waals surface area contributed by atoms with E-state index in [4.69, 9.17) is 0 Å². The Morgan fingerprint density at radius 1 is 1.18 bits per heavy atom. The number of hydrogen-bond donors (Lipinski definition) is 3. The van der Waals surface area contributed by atoms with E-state index in [0.29, 0.717) is 0 Å². The summed E-state index contributed by atoms with van der Waals surface area (Å²) in [7, 11) is 0. The number of urea groups is 1. The van der Waals surface area contributed by atoms with Gasteiger partial charge in [0.1, 0.15) is 0 Å². The quantitative estimate of drug-likeness (QED) is 0.458. The van der Waals surface area contributed by atoms with E-state index in [1.54, 1.807) is 6.08 Å². The number of hydrogen-bond acceptors (Lipinski definition) is 4. The molecule has 0 fully saturated rings. The largest absolute Gasteiger partial charge is 0.502 e. The molecule has 0 heterocycles. The number of phenols is 1. The summed E-state index contributed by atoms with van der Waals surface area (Å²) in [6, 6.07) is 12.4. The first-order valence-electron chi connectivity index (χ1n) is 6.33. The minimum absolute atomic E-state index is 0.204. The third-order valence-corrected chi connectivity index (χ3v) is 2.72. The van der Waals surface area contributed by atoms with Crippen LogP contribution in [-0.4, -0.2) is 16.1 Å². The van der Waals surface area contributed by atoms with Crippen molar-refractivity contribution in [2.24, 2.45) is 0 Å². The van der Waals surface area contributed by atoms with Crippen molar-refractivity contribution in [1.29, 1.82) is 0 Å². The van der Waals surface area contributed by atoms with Crippen molar-refractivity contribution in [3.8, 4) is 5.75 Å². The van der Waals surface area contributed by atoms with Crippen LogP contribution in [-0.2, 0) is 0 Å². The van der Waals surface area contributed by atoms with Crippen LogP contribution >= 0.6 is 0 Å². The van der Waals surface area contributed by atoms with Gasteiger partial charge in [0.2, 0.25) is 0 Å². The number of carbonyl (C=O) groups excluding carboxylic acids is 1. The van der Waals surface area contributed by atoms with E-state index >= 15 is 0 Å². The molecular weight excluding hydrogens is 286 g/mol. The standard InChI is InChI=1S/C15H13N3O4/c19-14-7-6-12(10-13(14)18(21)22)17-15(20)16-9-8-11-4-2-1-3-5-11/h1-10,19H,(H2,16,17,20). The second-order valence-electron chi connectivity index (χ2n) is 4.30. The Hall–Kier alpha value is -3.35. The smallest absolute Gasteiger partial charge is 0.323 e. The van der Waals surface area contributed by atoms with Gasteiger partial charge >= 0.3 is 11.7 Å². The number of anilines is 1. The van der Waals surface area contributed by atoms with E-state index in [1.807, 2.05) is 30.3 Å². The lowest BCUT2D eigenvalue weighted by Crippen LogP contribution is -2.23. The topological polar surface area (TPSA) is 104 Å². The molecule has 0 saturated carbocycles. The Morgan fingerprint density at radius 2 is 1.91 bits per heavy atom. The Balaban J connectivity index is 1.96. The van der Waals surface area contributed by atoms with Gasteiger partial charge < -0.3 is 15.7 Å². The molecule has 2 aromatic carbocycles. The van der Waals surface area contributed by atoms with E-state index in [9.17, 15) is 20.0 Å². The van der Waals surface area contributed by atoms with E-state index in [2.05, 4.69) is 10.6 Å². The SMILES string of the molecule is O=C(NC=Cc1ccccc1)Nc1ccc(O)c([N+](=O)[O-])c1. The van der Waals surface area contributed by atoms with E-state index in [0.717, 1.165) is 17.7 Å². The van der Waals surface area contributed by atoms with Crippen LogP contribution in [0.2, 0.25) is 0 Å². The van der Waals surface area contributed by atoms with Gasteiger partial charge in [-0.05, 0) is 23.8 Å². The summed E-state index contributed by atoms with van der Waals surface area (Å²) in [5.41, 5.74) is 0.649. The van der Waals surface area contributed by atoms with Crippen molar-refractivity contribution in [1.82, 2.24) is 5.32 Å². The first-order chi connectivity index (χ1) is 10.6. The molecule has 0 aliphatic rings. The summed E-state index contributed by atoms with van der Waals surface area (Å²) in [5, 5.41) is 24.9. The minimum Gasteiger partial charge on any atom is -0.502 e. The van der Waals surface area contributed by atoms with Crippen LogP contribution in [0, 0.1) is 10.1 Å². The van der Waals surface area contributed by atoms with Gasteiger partial charge in [0.05, 0.1) is 4.92 Å². The second-order valence-corrected chi connectivity index (χ2v) is 4.30. The van der Waals surface area contributed by atoms with Crippen molar-refractivity contribution in [2.45, 2.75) is 0 Å². The Morgan fingerprint density at radius 3 is 2.59 bits per heavy atom. The first-order valence-corrected chi connectivity index (χ1v) is 6.33. The van der Waals surface area contributed by atoms with E-state index in [-0.39, 0.29) is 5.69 Å². The number of nitrogens with one attached hydrogen (secondary N) is 2. The van der Waals surface area contributed by atoms with Crippen molar-refractivity contribution in [2.75, 3.05) is 5.32 Å². The lowest BCUT2D eigenvalue weighted by Gasteiger charge is -2.05. The van der Waals surface area contributed by atoms with Gasteiger partial charge in [0.15, 0.2) is 5.75 Å². The van der Waals surface area contributed by atoms with Crippen molar-refractivity contribution < 1.29 is 14.8 Å². The summed E-state index contributed by atoms with van der Waals surface area (Å²) in [6.45, 7) is 0. The number of amides is 2. The summed E-state index contributed by atoms with van der Waals surface area (Å²) in [6.07, 6.45) is 3.17. The molecule has 22 heavy (non-hydrogen) atoms. The first kappa shape index (κ1) is 15.0. The summed E-state index contributed by atoms with van der Waals surface area (Å²) >= 11 is 0. The zero-order chi connectivity index (χ0) is 15.9. The fraction of sp³-hybridized carbons (Fsp3) is 0. The third kappa shape index (κ3) is 4.07. The summed E-state index contributed by atoms with van der Waals surface area (Å²) in [4.78, 5) is 21.6. The molecule has 112 valence electrons. The maximum absolute atomic E-state index is 11.7. The molecule has 0 saturated heterocycles. The molecule has 0 aliphatic heterocycles. The molecule has 2 amide bonds. The Bertz CT molecular complexity index is 714. The third-order valence-electron chi connectivity index (χ3n) is 2.72. The molecule has 2 aromatic rings. The van der Waals surface area contributed by atoms with Gasteiger partial charge in [-0.3, -0.25) is 10.1 Å². The van der Waals surface area contributed by atoms with Crippen LogP contribution in [0.15, 0.2) is 54.7 Å². The molecule has 0 unspecified atom stereocenters. The highest BCUT2D eigenvalue weighted by atomic mass is 16.6. The number of nitrogens with zero attached hydrogens (tertiary/aromatic N) is 1. The maximum Gasteiger partial charge on any atom is 0.323 e. The van der Waals surface area contributed by atoms with Crippen LogP contribution in [0.5, 0.6) is 5.75 Å². The highest BCUT2D eigenvalue weighted by molar-refractivity contribution is 5.90. The van der Waals surface area contributed by atoms with Gasteiger partial charge in [-0.2, -0.15) is 0 Å². The van der Waals surface area contributed by atoms with Gasteiger partial charge in [0.25, 0.3) is 0 Å². The molecule has 0 aliphatic carbocycles. The molecule has 3 N–H and O–H groups in total. The molecule has 0 bridgehead atoms. The molecule has 7 heteroatoms. The highest BCUT2D eigenvalue weighted by Gasteiger charge is 2.14. The fourth-order valence-corrected chi connectivity index (χ4v) is 1.69. The number of rotatable bonds is 4. The van der Waals surface area contributed by atoms with Crippen molar-refractivity contribution in [3.05, 3.63) is 70.4 Å². The molecule has 0 spiro atoms. The molecule has 0 atom stereocenters. The lowest BCUT2D eigenvalue weighted by molar-refractivity contribution is -0.385. The zero-order valence-corrected chi connectivity index (χ0v) is 11.4. The number of benzene rings is 2. The molecule has 2 rings (SSSR count). The Labute approximate surface area is 126 Å². The van der Waals surface area contributed by atoms with Gasteiger partial charge in [-0.25, -0.2) is 4.79 Å². The predicted octanol–water partition coefficient (Wildman–Crippen LogP) is 3.09. The second kappa shape index (κ2) is 6.89. The molecule has 0 radical (unpaired) electrons. The summed E-state index contributed by atoms with van der Waals surface area (Å²) in [5.74, 6) is -0.458. The van der Waals surface area contributed by atoms with Crippen LogP contribution in [0.25, 0.3) is 6.08 Å². The fourth-order valence-electron chi connectivity index (χ4n) is 1.69. The lowest BCUT2D eigenvalue weighted by atomic mass is 10.2. The number of phenolic OH excluding ortho intramolecular Hbond substituents is 1. The van der Waals surface area contributed by atoms with E-state index < -0.39 is 22.4 Å². The maximum atomic E-state index is 11.7. The average Bonchev–Trinajstić information content (AvgIpc) is 2.50. The van der Waals surface area contributed by atoms with Gasteiger partial charge in [-0.1, -0.05) is 30.3 Å². The van der Waals surface area contributed by atoms with Crippen molar-refractivity contribution in [3.63, 3.8) is 0 Å². The molecule has 7 nitrogen and oxygen atoms in total. The minimum atomic E-state index is -0.728. The van der Waals surface area contributed by atoms with Crippen LogP contribution in [0.3, 0.4) is 0 Å². The van der Waals surface area contributed by atoms with Crippen LogP contribution in [0.1, 0.15) is 5.56 Å². The van der Waals surface area contributed by atoms with Crippen LogP contribution < -0.4 is 10.6 Å². The van der Waals surface area contributed by atoms with E-state index in [1.165, 1.54) is 12.3 Å². The van der Waals surface area contributed by atoms with Crippen molar-refractivity contribution >= 4 is 23.5 Å². The predicted molar refractivity (Wildman–Crippen MR) is 82.4 cm³/mol. The molecular formula is C15H13N3O4. The van der Waals surface area contributed by atoms with Crippen LogP contribution in [0.4, 0.5) is 16.2 Å². The Kier molecular flexibility index (Phi) is 4.71. The number of nitro groups is 1. The summed E-state index contributed by atoms with van der Waals surface area (Å²) < 4.78 is 0. The number of carbonyl (C=O) groups is 1.